The van der Waals surface area contributed by atoms with Crippen molar-refractivity contribution in [3.8, 4) is 0 Å². The molecule has 6 nitrogen and oxygen atoms in total. The predicted molar refractivity (Wildman–Crippen MR) is 65.1 cm³/mol. The fourth-order valence-electron chi connectivity index (χ4n) is 1.49. The molecule has 0 aromatic carbocycles. The number of rotatable bonds is 6. The molecule has 0 spiro atoms. The number of aryl methyl sites for hydroxylation is 1. The summed E-state index contributed by atoms with van der Waals surface area (Å²) in [5.74, 6) is 0.599. The van der Waals surface area contributed by atoms with Gasteiger partial charge in [0.15, 0.2) is 0 Å². The Bertz CT molecular complexity index is 420. The Morgan fingerprint density at radius 2 is 2.35 bits per heavy atom. The Labute approximate surface area is 99.4 Å². The highest BCUT2D eigenvalue weighted by Gasteiger charge is 2.14. The van der Waals surface area contributed by atoms with Gasteiger partial charge in [-0.25, -0.2) is 4.98 Å². The van der Waals surface area contributed by atoms with Crippen LogP contribution in [-0.2, 0) is 0 Å². The van der Waals surface area contributed by atoms with Gasteiger partial charge in [0.25, 0.3) is 5.69 Å². The van der Waals surface area contributed by atoms with Gasteiger partial charge in [-0.3, -0.25) is 10.1 Å². The lowest BCUT2D eigenvalue weighted by molar-refractivity contribution is -0.385. The number of nitro groups is 1. The second-order valence-electron chi connectivity index (χ2n) is 3.49. The van der Waals surface area contributed by atoms with Crippen molar-refractivity contribution >= 4 is 11.5 Å². The van der Waals surface area contributed by atoms with Crippen molar-refractivity contribution in [2.45, 2.75) is 6.92 Å². The maximum absolute atomic E-state index is 10.7. The summed E-state index contributed by atoms with van der Waals surface area (Å²) in [6.45, 7) is 6.14. The van der Waals surface area contributed by atoms with Crippen LogP contribution in [0.2, 0.25) is 0 Å². The monoisotopic (exact) mass is 237 g/mol. The molecule has 0 aliphatic heterocycles. The van der Waals surface area contributed by atoms with E-state index in [1.165, 1.54) is 6.07 Å². The summed E-state index contributed by atoms with van der Waals surface area (Å²) >= 11 is 0. The molecule has 1 aromatic rings. The van der Waals surface area contributed by atoms with Crippen molar-refractivity contribution in [3.63, 3.8) is 0 Å². The van der Waals surface area contributed by atoms with Crippen LogP contribution in [0.25, 0.3) is 0 Å². The molecule has 0 saturated carbocycles. The van der Waals surface area contributed by atoms with E-state index < -0.39 is 4.92 Å². The van der Waals surface area contributed by atoms with Crippen LogP contribution in [0.5, 0.6) is 0 Å². The van der Waals surface area contributed by atoms with Crippen LogP contribution in [0.3, 0.4) is 0 Å². The Balaban J connectivity index is 3.01. The third-order valence-electron chi connectivity index (χ3n) is 2.28. The number of aliphatic hydroxyl groups is 1. The highest BCUT2D eigenvalue weighted by Crippen LogP contribution is 2.20. The van der Waals surface area contributed by atoms with Crippen LogP contribution < -0.4 is 4.90 Å². The van der Waals surface area contributed by atoms with Crippen molar-refractivity contribution < 1.29 is 10.0 Å². The molecular formula is C11H15N3O3. The maximum Gasteiger partial charge on any atom is 0.290 e. The third kappa shape index (κ3) is 3.25. The zero-order valence-electron chi connectivity index (χ0n) is 9.67. The molecule has 1 heterocycles. The molecule has 0 amide bonds. The minimum Gasteiger partial charge on any atom is -0.395 e. The van der Waals surface area contributed by atoms with E-state index in [1.807, 2.05) is 0 Å². The SMILES string of the molecule is C=CCN(CCO)c1ccc([N+](=O)[O-])c(C)n1. The minimum atomic E-state index is -0.462. The molecule has 0 aliphatic rings. The lowest BCUT2D eigenvalue weighted by Crippen LogP contribution is -2.27. The van der Waals surface area contributed by atoms with Gasteiger partial charge < -0.3 is 10.0 Å². The molecule has 0 bridgehead atoms. The van der Waals surface area contributed by atoms with E-state index in [1.54, 1.807) is 24.0 Å². The number of hydrogen-bond acceptors (Lipinski definition) is 5. The molecule has 92 valence electrons. The first kappa shape index (κ1) is 13.1. The molecular weight excluding hydrogens is 222 g/mol. The van der Waals surface area contributed by atoms with Crippen molar-refractivity contribution in [1.29, 1.82) is 0 Å². The van der Waals surface area contributed by atoms with Crippen LogP contribution in [0.4, 0.5) is 11.5 Å². The van der Waals surface area contributed by atoms with E-state index in [-0.39, 0.29) is 12.3 Å². The lowest BCUT2D eigenvalue weighted by atomic mass is 10.3. The maximum atomic E-state index is 10.7. The summed E-state index contributed by atoms with van der Waals surface area (Å²) in [6, 6.07) is 3.00. The highest BCUT2D eigenvalue weighted by atomic mass is 16.6. The van der Waals surface area contributed by atoms with Crippen LogP contribution in [0, 0.1) is 17.0 Å². The Hall–Kier alpha value is -1.95. The molecule has 17 heavy (non-hydrogen) atoms. The summed E-state index contributed by atoms with van der Waals surface area (Å²) in [7, 11) is 0. The smallest absolute Gasteiger partial charge is 0.290 e. The van der Waals surface area contributed by atoms with E-state index in [0.29, 0.717) is 24.6 Å². The van der Waals surface area contributed by atoms with Gasteiger partial charge in [-0.15, -0.1) is 6.58 Å². The van der Waals surface area contributed by atoms with E-state index in [9.17, 15) is 10.1 Å². The number of nitrogens with zero attached hydrogens (tertiary/aromatic N) is 3. The molecule has 0 saturated heterocycles. The second kappa shape index (κ2) is 5.95. The van der Waals surface area contributed by atoms with E-state index in [4.69, 9.17) is 5.11 Å². The van der Waals surface area contributed by atoms with Crippen LogP contribution >= 0.6 is 0 Å². The largest absolute Gasteiger partial charge is 0.395 e. The fourth-order valence-corrected chi connectivity index (χ4v) is 1.49. The number of hydrogen-bond donors (Lipinski definition) is 1. The number of aromatic nitrogens is 1. The molecule has 1 N–H and O–H groups in total. The molecule has 0 aliphatic carbocycles. The zero-order valence-corrected chi connectivity index (χ0v) is 9.67. The number of pyridine rings is 1. The molecule has 1 rings (SSSR count). The van der Waals surface area contributed by atoms with Gasteiger partial charge in [-0.05, 0) is 13.0 Å². The Morgan fingerprint density at radius 3 is 2.82 bits per heavy atom. The molecule has 0 radical (unpaired) electrons. The molecule has 1 aromatic heterocycles. The van der Waals surface area contributed by atoms with Crippen LogP contribution in [0.15, 0.2) is 24.8 Å². The third-order valence-corrected chi connectivity index (χ3v) is 2.28. The summed E-state index contributed by atoms with van der Waals surface area (Å²) in [5.41, 5.74) is 0.357. The lowest BCUT2D eigenvalue weighted by Gasteiger charge is -2.21. The van der Waals surface area contributed by atoms with Crippen molar-refractivity contribution in [2.24, 2.45) is 0 Å². The summed E-state index contributed by atoms with van der Waals surface area (Å²) in [4.78, 5) is 16.1. The zero-order chi connectivity index (χ0) is 12.8. The van der Waals surface area contributed by atoms with E-state index in [0.717, 1.165) is 0 Å². The topological polar surface area (TPSA) is 79.5 Å². The standard InChI is InChI=1S/C11H15N3O3/c1-3-6-13(7-8-15)11-5-4-10(14(16)17)9(2)12-11/h3-5,15H,1,6-8H2,2H3. The second-order valence-corrected chi connectivity index (χ2v) is 3.49. The number of aliphatic hydroxyl groups excluding tert-OH is 1. The van der Waals surface area contributed by atoms with E-state index in [2.05, 4.69) is 11.6 Å². The molecule has 0 unspecified atom stereocenters. The van der Waals surface area contributed by atoms with Gasteiger partial charge in [-0.1, -0.05) is 6.08 Å². The Kier molecular flexibility index (Phi) is 4.59. The predicted octanol–water partition coefficient (Wildman–Crippen LogP) is 1.28. The summed E-state index contributed by atoms with van der Waals surface area (Å²) in [5, 5.41) is 19.6. The van der Waals surface area contributed by atoms with Crippen LogP contribution in [-0.4, -0.2) is 34.7 Å². The first-order chi connectivity index (χ1) is 8.10. The first-order valence-electron chi connectivity index (χ1n) is 5.19. The average molecular weight is 237 g/mol. The van der Waals surface area contributed by atoms with Crippen molar-refractivity contribution in [2.75, 3.05) is 24.6 Å². The first-order valence-corrected chi connectivity index (χ1v) is 5.19. The molecule has 0 fully saturated rings. The van der Waals surface area contributed by atoms with Crippen molar-refractivity contribution in [3.05, 3.63) is 40.6 Å². The van der Waals surface area contributed by atoms with Gasteiger partial charge in [0.05, 0.1) is 11.5 Å². The average Bonchev–Trinajstić information content (AvgIpc) is 2.28. The summed E-state index contributed by atoms with van der Waals surface area (Å²) in [6.07, 6.45) is 1.69. The van der Waals surface area contributed by atoms with Crippen LogP contribution in [0.1, 0.15) is 5.69 Å². The van der Waals surface area contributed by atoms with Gasteiger partial charge in [0, 0.05) is 19.2 Å². The quantitative estimate of drug-likeness (QED) is 0.458. The van der Waals surface area contributed by atoms with Gasteiger partial charge in [0.1, 0.15) is 11.5 Å². The molecule has 6 heteroatoms. The van der Waals surface area contributed by atoms with Gasteiger partial charge >= 0.3 is 0 Å². The highest BCUT2D eigenvalue weighted by molar-refractivity contribution is 5.47. The molecule has 0 atom stereocenters. The number of anilines is 1. The minimum absolute atomic E-state index is 0.00342. The Morgan fingerprint density at radius 1 is 1.65 bits per heavy atom. The van der Waals surface area contributed by atoms with E-state index >= 15 is 0 Å². The van der Waals surface area contributed by atoms with Gasteiger partial charge in [-0.2, -0.15) is 0 Å². The fraction of sp³-hybridized carbons (Fsp3) is 0.364. The van der Waals surface area contributed by atoms with Crippen molar-refractivity contribution in [1.82, 2.24) is 4.98 Å². The van der Waals surface area contributed by atoms with Gasteiger partial charge in [0.2, 0.25) is 0 Å². The summed E-state index contributed by atoms with van der Waals surface area (Å²) < 4.78 is 0. The normalized spacial score (nSPS) is 10.0.